The molecule has 1 N–H and O–H groups in total. The molecule has 4 nitrogen and oxygen atoms in total. The molecule has 0 spiro atoms. The number of aromatic nitrogens is 1. The Kier molecular flexibility index (Phi) is 3.94. The molecular formula is C13H13NO3S. The number of ether oxygens (including phenoxy) is 1. The van der Waals surface area contributed by atoms with Crippen molar-refractivity contribution in [1.29, 1.82) is 0 Å². The minimum absolute atomic E-state index is 0.0402. The molecule has 1 heterocycles. The number of aliphatic carboxylic acids is 1. The number of nitrogens with zero attached hydrogens (tertiary/aromatic N) is 1. The van der Waals surface area contributed by atoms with Crippen LogP contribution >= 0.6 is 11.3 Å². The lowest BCUT2D eigenvalue weighted by molar-refractivity contribution is -0.136. The lowest BCUT2D eigenvalue weighted by Gasteiger charge is -2.07. The Morgan fingerprint density at radius 2 is 2.22 bits per heavy atom. The number of carbonyl (C=O) groups is 1. The van der Waals surface area contributed by atoms with Crippen molar-refractivity contribution in [2.45, 2.75) is 13.3 Å². The first-order valence-electron chi connectivity index (χ1n) is 5.59. The minimum atomic E-state index is -0.867. The number of thiazole rings is 1. The van der Waals surface area contributed by atoms with Gasteiger partial charge in [0.25, 0.3) is 0 Å². The first-order chi connectivity index (χ1) is 8.70. The van der Waals surface area contributed by atoms with Gasteiger partial charge in [0.05, 0.1) is 18.7 Å². The van der Waals surface area contributed by atoms with Gasteiger partial charge in [0.15, 0.2) is 0 Å². The Morgan fingerprint density at radius 3 is 2.94 bits per heavy atom. The van der Waals surface area contributed by atoms with E-state index in [1.54, 1.807) is 0 Å². The van der Waals surface area contributed by atoms with Crippen LogP contribution in [-0.4, -0.2) is 22.7 Å². The molecule has 1 aromatic heterocycles. The third kappa shape index (κ3) is 2.87. The van der Waals surface area contributed by atoms with Gasteiger partial charge in [-0.2, -0.15) is 0 Å². The third-order valence-corrected chi connectivity index (χ3v) is 3.17. The van der Waals surface area contributed by atoms with E-state index in [1.807, 2.05) is 36.6 Å². The van der Waals surface area contributed by atoms with Crippen molar-refractivity contribution >= 4 is 17.3 Å². The third-order valence-electron chi connectivity index (χ3n) is 2.32. The molecule has 0 aliphatic rings. The van der Waals surface area contributed by atoms with Crippen molar-refractivity contribution in [2.24, 2.45) is 0 Å². The van der Waals surface area contributed by atoms with Gasteiger partial charge < -0.3 is 9.84 Å². The van der Waals surface area contributed by atoms with E-state index in [1.165, 1.54) is 11.3 Å². The predicted octanol–water partition coefficient (Wildman–Crippen LogP) is 2.84. The highest BCUT2D eigenvalue weighted by atomic mass is 32.1. The Hall–Kier alpha value is -1.88. The van der Waals surface area contributed by atoms with E-state index < -0.39 is 5.97 Å². The van der Waals surface area contributed by atoms with Crippen molar-refractivity contribution in [3.05, 3.63) is 34.7 Å². The fourth-order valence-corrected chi connectivity index (χ4v) is 2.39. The lowest BCUT2D eigenvalue weighted by Crippen LogP contribution is -1.99. The van der Waals surface area contributed by atoms with Gasteiger partial charge in [0, 0.05) is 10.9 Å². The topological polar surface area (TPSA) is 59.4 Å². The maximum atomic E-state index is 10.6. The van der Waals surface area contributed by atoms with Crippen molar-refractivity contribution in [1.82, 2.24) is 4.98 Å². The fraction of sp³-hybridized carbons (Fsp3) is 0.231. The summed E-state index contributed by atoms with van der Waals surface area (Å²) in [5.41, 5.74) is 1.66. The van der Waals surface area contributed by atoms with Crippen LogP contribution in [0.15, 0.2) is 29.6 Å². The molecule has 0 unspecified atom stereocenters. The van der Waals surface area contributed by atoms with Gasteiger partial charge in [-0.25, -0.2) is 4.98 Å². The first-order valence-corrected chi connectivity index (χ1v) is 6.47. The van der Waals surface area contributed by atoms with Crippen LogP contribution in [0.2, 0.25) is 0 Å². The van der Waals surface area contributed by atoms with Gasteiger partial charge in [-0.15, -0.1) is 11.3 Å². The molecule has 2 aromatic rings. The summed E-state index contributed by atoms with van der Waals surface area (Å²) in [5.74, 6) is -0.0961. The summed E-state index contributed by atoms with van der Waals surface area (Å²) in [7, 11) is 0. The second kappa shape index (κ2) is 5.64. The lowest BCUT2D eigenvalue weighted by atomic mass is 10.1. The molecule has 0 fully saturated rings. The van der Waals surface area contributed by atoms with Crippen LogP contribution in [-0.2, 0) is 11.2 Å². The van der Waals surface area contributed by atoms with Crippen molar-refractivity contribution in [3.8, 4) is 17.0 Å². The van der Waals surface area contributed by atoms with Crippen LogP contribution in [0.25, 0.3) is 11.3 Å². The molecule has 0 amide bonds. The summed E-state index contributed by atoms with van der Waals surface area (Å²) >= 11 is 1.35. The van der Waals surface area contributed by atoms with Gasteiger partial charge >= 0.3 is 5.97 Å². The fourth-order valence-electron chi connectivity index (χ4n) is 1.60. The zero-order valence-electron chi connectivity index (χ0n) is 9.92. The molecule has 18 heavy (non-hydrogen) atoms. The Morgan fingerprint density at radius 1 is 1.44 bits per heavy atom. The largest absolute Gasteiger partial charge is 0.493 e. The molecule has 0 atom stereocenters. The number of hydrogen-bond donors (Lipinski definition) is 1. The molecule has 0 aliphatic carbocycles. The van der Waals surface area contributed by atoms with Crippen LogP contribution in [0.3, 0.4) is 0 Å². The number of rotatable bonds is 5. The molecule has 5 heteroatoms. The van der Waals surface area contributed by atoms with Gasteiger partial charge in [-0.3, -0.25) is 4.79 Å². The van der Waals surface area contributed by atoms with E-state index in [4.69, 9.17) is 9.84 Å². The highest BCUT2D eigenvalue weighted by molar-refractivity contribution is 7.10. The number of para-hydroxylation sites is 1. The number of carboxylic acids is 1. The zero-order valence-corrected chi connectivity index (χ0v) is 10.7. The number of carboxylic acid groups (broad SMARTS) is 1. The van der Waals surface area contributed by atoms with Crippen molar-refractivity contribution in [3.63, 3.8) is 0 Å². The molecule has 1 aromatic carbocycles. The van der Waals surface area contributed by atoms with E-state index in [2.05, 4.69) is 4.98 Å². The summed E-state index contributed by atoms with van der Waals surface area (Å²) in [6.07, 6.45) is -0.0402. The minimum Gasteiger partial charge on any atom is -0.493 e. The maximum Gasteiger partial charge on any atom is 0.310 e. The molecule has 0 saturated heterocycles. The SMILES string of the molecule is CCOc1ccccc1-c1csc(CC(=O)O)n1. The average Bonchev–Trinajstić information content (AvgIpc) is 2.77. The Labute approximate surface area is 109 Å². The zero-order chi connectivity index (χ0) is 13.0. The van der Waals surface area contributed by atoms with E-state index in [9.17, 15) is 4.79 Å². The Balaban J connectivity index is 2.30. The van der Waals surface area contributed by atoms with E-state index >= 15 is 0 Å². The quantitative estimate of drug-likeness (QED) is 0.901. The molecular weight excluding hydrogens is 250 g/mol. The summed E-state index contributed by atoms with van der Waals surface area (Å²) in [5, 5.41) is 11.2. The molecule has 0 saturated carbocycles. The molecule has 94 valence electrons. The summed E-state index contributed by atoms with van der Waals surface area (Å²) < 4.78 is 5.53. The predicted molar refractivity (Wildman–Crippen MR) is 70.1 cm³/mol. The van der Waals surface area contributed by atoms with Crippen LogP contribution in [0, 0.1) is 0 Å². The molecule has 0 radical (unpaired) electrons. The monoisotopic (exact) mass is 263 g/mol. The molecule has 0 bridgehead atoms. The van der Waals surface area contributed by atoms with Crippen LogP contribution in [0.5, 0.6) is 5.75 Å². The van der Waals surface area contributed by atoms with E-state index in [0.717, 1.165) is 17.0 Å². The van der Waals surface area contributed by atoms with Gasteiger partial charge in [-0.1, -0.05) is 12.1 Å². The highest BCUT2D eigenvalue weighted by Crippen LogP contribution is 2.30. The summed E-state index contributed by atoms with van der Waals surface area (Å²) in [6.45, 7) is 2.51. The van der Waals surface area contributed by atoms with Crippen LogP contribution < -0.4 is 4.74 Å². The van der Waals surface area contributed by atoms with E-state index in [-0.39, 0.29) is 6.42 Å². The van der Waals surface area contributed by atoms with Crippen LogP contribution in [0.1, 0.15) is 11.9 Å². The van der Waals surface area contributed by atoms with Gasteiger partial charge in [0.1, 0.15) is 10.8 Å². The summed E-state index contributed by atoms with van der Waals surface area (Å²) in [6, 6.07) is 7.62. The smallest absolute Gasteiger partial charge is 0.310 e. The van der Waals surface area contributed by atoms with E-state index in [0.29, 0.717) is 11.6 Å². The second-order valence-electron chi connectivity index (χ2n) is 3.63. The Bertz CT molecular complexity index is 551. The normalized spacial score (nSPS) is 10.3. The van der Waals surface area contributed by atoms with Crippen molar-refractivity contribution in [2.75, 3.05) is 6.61 Å². The summed E-state index contributed by atoms with van der Waals surface area (Å²) in [4.78, 5) is 14.9. The van der Waals surface area contributed by atoms with Gasteiger partial charge in [-0.05, 0) is 19.1 Å². The van der Waals surface area contributed by atoms with Gasteiger partial charge in [0.2, 0.25) is 0 Å². The highest BCUT2D eigenvalue weighted by Gasteiger charge is 2.11. The number of hydrogen-bond acceptors (Lipinski definition) is 4. The van der Waals surface area contributed by atoms with Crippen molar-refractivity contribution < 1.29 is 14.6 Å². The maximum absolute atomic E-state index is 10.6. The average molecular weight is 263 g/mol. The molecule has 0 aliphatic heterocycles. The molecule has 2 rings (SSSR count). The first kappa shape index (κ1) is 12.6. The number of benzene rings is 1. The standard InChI is InChI=1S/C13H13NO3S/c1-2-17-11-6-4-3-5-9(11)10-8-18-12(14-10)7-13(15)16/h3-6,8H,2,7H2,1H3,(H,15,16). The second-order valence-corrected chi connectivity index (χ2v) is 4.57. The van der Waals surface area contributed by atoms with Crippen LogP contribution in [0.4, 0.5) is 0 Å².